The maximum Gasteiger partial charge on any atom is 0.337 e. The summed E-state index contributed by atoms with van der Waals surface area (Å²) in [7, 11) is 2.71. The molecule has 0 aromatic heterocycles. The van der Waals surface area contributed by atoms with Crippen LogP contribution in [-0.4, -0.2) is 26.2 Å². The van der Waals surface area contributed by atoms with Gasteiger partial charge < -0.3 is 9.47 Å². The van der Waals surface area contributed by atoms with Gasteiger partial charge in [-0.3, -0.25) is 0 Å². The fraction of sp³-hybridized carbons (Fsp3) is 0.111. The second-order valence-electron chi connectivity index (χ2n) is 4.56. The predicted molar refractivity (Wildman–Crippen MR) is 84.5 cm³/mol. The van der Waals surface area contributed by atoms with Gasteiger partial charge in [0.15, 0.2) is 0 Å². The summed E-state index contributed by atoms with van der Waals surface area (Å²) in [5.41, 5.74) is 2.84. The largest absolute Gasteiger partial charge is 0.465 e. The van der Waals surface area contributed by atoms with Crippen LogP contribution in [0.15, 0.2) is 48.5 Å². The van der Waals surface area contributed by atoms with Crippen molar-refractivity contribution in [3.8, 4) is 0 Å². The normalized spacial score (nSPS) is 10.5. The molecule has 2 aromatic rings. The highest BCUT2D eigenvalue weighted by Gasteiger charge is 2.05. The van der Waals surface area contributed by atoms with E-state index in [0.29, 0.717) is 11.1 Å². The molecule has 0 atom stereocenters. The van der Waals surface area contributed by atoms with Gasteiger partial charge in [-0.25, -0.2) is 9.59 Å². The number of hydrogen-bond acceptors (Lipinski definition) is 4. The number of rotatable bonds is 4. The van der Waals surface area contributed by atoms with Crippen LogP contribution in [0.25, 0.3) is 12.2 Å². The van der Waals surface area contributed by atoms with Crippen molar-refractivity contribution in [2.24, 2.45) is 0 Å². The fourth-order valence-corrected chi connectivity index (χ4v) is 1.93. The summed E-state index contributed by atoms with van der Waals surface area (Å²) in [6.07, 6.45) is 3.79. The highest BCUT2D eigenvalue weighted by Crippen LogP contribution is 2.12. The average Bonchev–Trinajstić information content (AvgIpc) is 2.59. The summed E-state index contributed by atoms with van der Waals surface area (Å²) in [6, 6.07) is 14.2. The van der Waals surface area contributed by atoms with Gasteiger partial charge in [-0.15, -0.1) is 0 Å². The van der Waals surface area contributed by atoms with Crippen molar-refractivity contribution in [2.75, 3.05) is 14.2 Å². The molecule has 0 saturated carbocycles. The number of benzene rings is 2. The molecule has 0 bridgehead atoms. The van der Waals surface area contributed by atoms with Crippen molar-refractivity contribution in [1.29, 1.82) is 0 Å². The van der Waals surface area contributed by atoms with E-state index in [1.807, 2.05) is 30.4 Å². The van der Waals surface area contributed by atoms with Crippen LogP contribution in [0.1, 0.15) is 31.8 Å². The first-order valence-corrected chi connectivity index (χ1v) is 6.69. The van der Waals surface area contributed by atoms with Gasteiger partial charge in [-0.05, 0) is 35.4 Å². The van der Waals surface area contributed by atoms with Crippen molar-refractivity contribution in [3.05, 3.63) is 70.8 Å². The van der Waals surface area contributed by atoms with Crippen molar-refractivity contribution < 1.29 is 19.1 Å². The second kappa shape index (κ2) is 7.22. The molecule has 0 fully saturated rings. The quantitative estimate of drug-likeness (QED) is 0.640. The maximum atomic E-state index is 11.5. The third-order valence-corrected chi connectivity index (χ3v) is 3.11. The Morgan fingerprint density at radius 1 is 0.773 bits per heavy atom. The Kier molecular flexibility index (Phi) is 5.09. The molecule has 0 aliphatic heterocycles. The summed E-state index contributed by atoms with van der Waals surface area (Å²) >= 11 is 0. The van der Waals surface area contributed by atoms with Gasteiger partial charge in [0.05, 0.1) is 25.3 Å². The molecule has 0 spiro atoms. The van der Waals surface area contributed by atoms with Crippen molar-refractivity contribution >= 4 is 24.1 Å². The zero-order chi connectivity index (χ0) is 15.9. The van der Waals surface area contributed by atoms with Crippen molar-refractivity contribution in [1.82, 2.24) is 0 Å². The van der Waals surface area contributed by atoms with Crippen LogP contribution < -0.4 is 0 Å². The molecule has 0 unspecified atom stereocenters. The van der Waals surface area contributed by atoms with E-state index in [1.54, 1.807) is 30.3 Å². The molecule has 0 saturated heterocycles. The second-order valence-corrected chi connectivity index (χ2v) is 4.56. The number of carbonyl (C=O) groups is 2. The van der Waals surface area contributed by atoms with Crippen LogP contribution in [-0.2, 0) is 9.47 Å². The topological polar surface area (TPSA) is 52.6 Å². The van der Waals surface area contributed by atoms with E-state index >= 15 is 0 Å². The number of carbonyl (C=O) groups excluding carboxylic acids is 2. The molecule has 22 heavy (non-hydrogen) atoms. The molecule has 4 nitrogen and oxygen atoms in total. The molecule has 2 rings (SSSR count). The molecule has 0 radical (unpaired) electrons. The third-order valence-electron chi connectivity index (χ3n) is 3.11. The zero-order valence-electron chi connectivity index (χ0n) is 12.4. The third kappa shape index (κ3) is 3.82. The number of esters is 2. The Bertz CT molecular complexity index is 699. The minimum Gasteiger partial charge on any atom is -0.465 e. The first-order chi connectivity index (χ1) is 10.6. The van der Waals surface area contributed by atoms with Crippen LogP contribution in [0.4, 0.5) is 0 Å². The van der Waals surface area contributed by atoms with E-state index in [-0.39, 0.29) is 11.9 Å². The first kappa shape index (κ1) is 15.5. The standard InChI is InChI=1S/C18H16O4/c1-21-17(19)15-10-8-13(9-11-15)6-7-14-4-3-5-16(12-14)18(20)22-2/h3-12H,1-2H3. The van der Waals surface area contributed by atoms with E-state index < -0.39 is 0 Å². The SMILES string of the molecule is COC(=O)c1ccc(C=Cc2cccc(C(=O)OC)c2)cc1. The summed E-state index contributed by atoms with van der Waals surface area (Å²) in [6.45, 7) is 0. The summed E-state index contributed by atoms with van der Waals surface area (Å²) in [5.74, 6) is -0.723. The first-order valence-electron chi connectivity index (χ1n) is 6.69. The maximum absolute atomic E-state index is 11.5. The van der Waals surface area contributed by atoms with E-state index in [4.69, 9.17) is 4.74 Å². The molecule has 0 aliphatic carbocycles. The molecule has 0 aliphatic rings. The zero-order valence-corrected chi connectivity index (χ0v) is 12.4. The Morgan fingerprint density at radius 3 is 2.00 bits per heavy atom. The van der Waals surface area contributed by atoms with Crippen molar-refractivity contribution in [2.45, 2.75) is 0 Å². The van der Waals surface area contributed by atoms with Crippen molar-refractivity contribution in [3.63, 3.8) is 0 Å². The molecule has 4 heteroatoms. The lowest BCUT2D eigenvalue weighted by Crippen LogP contribution is -2.00. The monoisotopic (exact) mass is 296 g/mol. The van der Waals surface area contributed by atoms with Gasteiger partial charge in [-0.1, -0.05) is 36.4 Å². The molecule has 0 N–H and O–H groups in total. The van der Waals surface area contributed by atoms with Gasteiger partial charge in [-0.2, -0.15) is 0 Å². The van der Waals surface area contributed by atoms with Crippen LogP contribution in [0.2, 0.25) is 0 Å². The van der Waals surface area contributed by atoms with Crippen LogP contribution in [0.3, 0.4) is 0 Å². The van der Waals surface area contributed by atoms with E-state index in [0.717, 1.165) is 11.1 Å². The van der Waals surface area contributed by atoms with Gasteiger partial charge in [0.1, 0.15) is 0 Å². The Morgan fingerprint density at radius 2 is 1.36 bits per heavy atom. The molecule has 2 aromatic carbocycles. The van der Waals surface area contributed by atoms with Crippen LogP contribution >= 0.6 is 0 Å². The molecule has 112 valence electrons. The number of methoxy groups -OCH3 is 2. The lowest BCUT2D eigenvalue weighted by molar-refractivity contribution is 0.0592. The Hall–Kier alpha value is -2.88. The van der Waals surface area contributed by atoms with Crippen LogP contribution in [0.5, 0.6) is 0 Å². The Labute approximate surface area is 129 Å². The highest BCUT2D eigenvalue weighted by molar-refractivity contribution is 5.91. The number of ether oxygens (including phenoxy) is 2. The lowest BCUT2D eigenvalue weighted by atomic mass is 10.1. The van der Waals surface area contributed by atoms with E-state index in [1.165, 1.54) is 14.2 Å². The molecule has 0 amide bonds. The molecular formula is C18H16O4. The summed E-state index contributed by atoms with van der Waals surface area (Å²) in [4.78, 5) is 22.8. The number of hydrogen-bond donors (Lipinski definition) is 0. The van der Waals surface area contributed by atoms with E-state index in [2.05, 4.69) is 4.74 Å². The van der Waals surface area contributed by atoms with Gasteiger partial charge in [0.25, 0.3) is 0 Å². The molecule has 0 heterocycles. The minimum absolute atomic E-state index is 0.360. The highest BCUT2D eigenvalue weighted by atomic mass is 16.5. The lowest BCUT2D eigenvalue weighted by Gasteiger charge is -2.01. The van der Waals surface area contributed by atoms with Gasteiger partial charge in [0.2, 0.25) is 0 Å². The predicted octanol–water partition coefficient (Wildman–Crippen LogP) is 3.43. The molecular weight excluding hydrogens is 280 g/mol. The fourth-order valence-electron chi connectivity index (χ4n) is 1.93. The summed E-state index contributed by atoms with van der Waals surface area (Å²) in [5, 5.41) is 0. The smallest absolute Gasteiger partial charge is 0.337 e. The minimum atomic E-state index is -0.363. The summed E-state index contributed by atoms with van der Waals surface area (Å²) < 4.78 is 9.34. The van der Waals surface area contributed by atoms with Gasteiger partial charge in [0, 0.05) is 0 Å². The van der Waals surface area contributed by atoms with Crippen LogP contribution in [0, 0.1) is 0 Å². The Balaban J connectivity index is 2.15. The average molecular weight is 296 g/mol. The van der Waals surface area contributed by atoms with E-state index in [9.17, 15) is 9.59 Å². The van der Waals surface area contributed by atoms with Gasteiger partial charge >= 0.3 is 11.9 Å².